The first kappa shape index (κ1) is 16.6. The zero-order chi connectivity index (χ0) is 18.2. The van der Waals surface area contributed by atoms with Crippen LogP contribution in [0.25, 0.3) is 26.7 Å². The van der Waals surface area contributed by atoms with Crippen molar-refractivity contribution in [1.82, 2.24) is 19.4 Å². The highest BCUT2D eigenvalue weighted by Gasteiger charge is 2.25. The molecule has 6 heteroatoms. The second kappa shape index (κ2) is 6.85. The lowest BCUT2D eigenvalue weighted by atomic mass is 9.85. The van der Waals surface area contributed by atoms with Crippen molar-refractivity contribution in [1.29, 1.82) is 0 Å². The Morgan fingerprint density at radius 2 is 1.89 bits per heavy atom. The monoisotopic (exact) mass is 377 g/mol. The molecule has 4 aromatic rings. The summed E-state index contributed by atoms with van der Waals surface area (Å²) in [6.45, 7) is 0. The number of benzene rings is 1. The first-order valence-corrected chi connectivity index (χ1v) is 10.4. The summed E-state index contributed by atoms with van der Waals surface area (Å²) in [5, 5.41) is 3.18. The molecule has 3 aromatic heterocycles. The van der Waals surface area contributed by atoms with Crippen LogP contribution in [0.4, 0.5) is 5.82 Å². The molecule has 5 nitrogen and oxygen atoms in total. The third kappa shape index (κ3) is 2.94. The molecule has 1 saturated carbocycles. The van der Waals surface area contributed by atoms with Crippen molar-refractivity contribution >= 4 is 22.1 Å². The van der Waals surface area contributed by atoms with Crippen LogP contribution in [0.15, 0.2) is 43.0 Å². The smallest absolute Gasteiger partial charge is 0.196 e. The number of fused-ring (bicyclic) bond motifs is 1. The summed E-state index contributed by atoms with van der Waals surface area (Å²) in [5.74, 6) is 1.56. The fourth-order valence-electron chi connectivity index (χ4n) is 4.16. The van der Waals surface area contributed by atoms with E-state index in [1.807, 2.05) is 13.2 Å². The summed E-state index contributed by atoms with van der Waals surface area (Å²) in [7, 11) is 1.93. The summed E-state index contributed by atoms with van der Waals surface area (Å²) in [5.41, 5.74) is 4.93. The topological polar surface area (TPSA) is 58.0 Å². The summed E-state index contributed by atoms with van der Waals surface area (Å²) in [6.07, 6.45) is 12.3. The van der Waals surface area contributed by atoms with E-state index in [0.717, 1.165) is 22.0 Å². The maximum absolute atomic E-state index is 4.75. The van der Waals surface area contributed by atoms with Crippen LogP contribution in [-0.2, 0) is 0 Å². The average Bonchev–Trinajstić information content (AvgIpc) is 3.44. The fraction of sp³-hybridized carbons (Fsp3) is 0.333. The van der Waals surface area contributed by atoms with Gasteiger partial charge in [-0.05, 0) is 24.0 Å². The normalized spacial score (nSPS) is 15.4. The van der Waals surface area contributed by atoms with Gasteiger partial charge in [0, 0.05) is 18.7 Å². The van der Waals surface area contributed by atoms with Gasteiger partial charge in [0.15, 0.2) is 4.96 Å². The van der Waals surface area contributed by atoms with Gasteiger partial charge in [0.05, 0.1) is 29.3 Å². The van der Waals surface area contributed by atoms with E-state index in [-0.39, 0.29) is 0 Å². The van der Waals surface area contributed by atoms with Crippen molar-refractivity contribution in [3.63, 3.8) is 0 Å². The summed E-state index contributed by atoms with van der Waals surface area (Å²) < 4.78 is 2.32. The predicted octanol–water partition coefficient (Wildman–Crippen LogP) is 5.54. The Balaban J connectivity index is 1.60. The van der Waals surface area contributed by atoms with E-state index in [1.165, 1.54) is 48.2 Å². The number of nitrogens with one attached hydrogen (secondary N) is 2. The average molecular weight is 378 g/mol. The van der Waals surface area contributed by atoms with Crippen LogP contribution in [0.2, 0.25) is 0 Å². The van der Waals surface area contributed by atoms with Gasteiger partial charge in [-0.15, -0.1) is 0 Å². The van der Waals surface area contributed by atoms with Gasteiger partial charge in [0.25, 0.3) is 0 Å². The summed E-state index contributed by atoms with van der Waals surface area (Å²) in [4.78, 5) is 14.5. The molecule has 0 spiro atoms. The molecule has 0 atom stereocenters. The Morgan fingerprint density at radius 3 is 2.59 bits per heavy atom. The Kier molecular flexibility index (Phi) is 4.20. The standard InChI is InChI=1S/C21H23N5S/c1-22-18-12-26-19(15-5-3-2-4-6-15)20(27-21(26)25-18)16-9-7-14(8-10-16)17-11-23-13-24-17/h7-13,15,22H,2-6H2,1H3,(H,23,24). The number of hydrogen-bond acceptors (Lipinski definition) is 4. The highest BCUT2D eigenvalue weighted by molar-refractivity contribution is 7.20. The summed E-state index contributed by atoms with van der Waals surface area (Å²) in [6, 6.07) is 8.81. The molecule has 27 heavy (non-hydrogen) atoms. The lowest BCUT2D eigenvalue weighted by molar-refractivity contribution is 0.436. The maximum Gasteiger partial charge on any atom is 0.196 e. The first-order valence-electron chi connectivity index (χ1n) is 9.62. The molecule has 1 fully saturated rings. The van der Waals surface area contributed by atoms with Crippen molar-refractivity contribution in [2.75, 3.05) is 12.4 Å². The van der Waals surface area contributed by atoms with E-state index in [9.17, 15) is 0 Å². The Bertz CT molecular complexity index is 1040. The predicted molar refractivity (Wildman–Crippen MR) is 111 cm³/mol. The molecule has 1 aliphatic rings. The van der Waals surface area contributed by atoms with Crippen molar-refractivity contribution in [2.24, 2.45) is 0 Å². The zero-order valence-electron chi connectivity index (χ0n) is 15.4. The minimum absolute atomic E-state index is 0.619. The molecule has 0 unspecified atom stereocenters. The Hall–Kier alpha value is -2.60. The van der Waals surface area contributed by atoms with Gasteiger partial charge in [0.1, 0.15) is 5.82 Å². The zero-order valence-corrected chi connectivity index (χ0v) is 16.2. The van der Waals surface area contributed by atoms with Crippen LogP contribution in [0, 0.1) is 0 Å². The lowest BCUT2D eigenvalue weighted by Crippen LogP contribution is -2.08. The number of thiazole rings is 1. The third-order valence-corrected chi connectivity index (χ3v) is 6.68. The second-order valence-corrected chi connectivity index (χ2v) is 8.20. The van der Waals surface area contributed by atoms with E-state index in [4.69, 9.17) is 4.98 Å². The molecular weight excluding hydrogens is 354 g/mol. The third-order valence-electron chi connectivity index (χ3n) is 5.56. The number of aromatic amines is 1. The largest absolute Gasteiger partial charge is 0.372 e. The molecule has 0 saturated heterocycles. The molecule has 0 aliphatic heterocycles. The number of nitrogens with zero attached hydrogens (tertiary/aromatic N) is 3. The van der Waals surface area contributed by atoms with Gasteiger partial charge in [-0.25, -0.2) is 9.97 Å². The molecule has 2 N–H and O–H groups in total. The van der Waals surface area contributed by atoms with Crippen molar-refractivity contribution in [2.45, 2.75) is 38.0 Å². The minimum Gasteiger partial charge on any atom is -0.372 e. The summed E-state index contributed by atoms with van der Waals surface area (Å²) >= 11 is 1.80. The Morgan fingerprint density at radius 1 is 1.11 bits per heavy atom. The van der Waals surface area contributed by atoms with Gasteiger partial charge in [-0.1, -0.05) is 54.9 Å². The van der Waals surface area contributed by atoms with E-state index in [1.54, 1.807) is 17.7 Å². The number of hydrogen-bond donors (Lipinski definition) is 2. The molecule has 0 radical (unpaired) electrons. The van der Waals surface area contributed by atoms with Crippen molar-refractivity contribution in [3.05, 3.63) is 48.7 Å². The molecule has 138 valence electrons. The van der Waals surface area contributed by atoms with Crippen LogP contribution in [-0.4, -0.2) is 26.4 Å². The number of H-pyrrole nitrogens is 1. The minimum atomic E-state index is 0.619. The molecule has 0 amide bonds. The van der Waals surface area contributed by atoms with E-state index in [0.29, 0.717) is 5.92 Å². The Labute approximate surface area is 162 Å². The lowest BCUT2D eigenvalue weighted by Gasteiger charge is -2.22. The highest BCUT2D eigenvalue weighted by Crippen LogP contribution is 2.43. The van der Waals surface area contributed by atoms with Crippen LogP contribution < -0.4 is 5.32 Å². The quantitative estimate of drug-likeness (QED) is 0.491. The maximum atomic E-state index is 4.75. The number of imidazole rings is 2. The SMILES string of the molecule is CNc1cn2c(C3CCCCC3)c(-c3ccc(-c4cnc[nH]4)cc3)sc2n1. The second-order valence-electron chi connectivity index (χ2n) is 7.22. The van der Waals surface area contributed by atoms with Gasteiger partial charge in [-0.2, -0.15) is 0 Å². The fourth-order valence-corrected chi connectivity index (χ4v) is 5.36. The van der Waals surface area contributed by atoms with E-state index < -0.39 is 0 Å². The molecule has 1 aromatic carbocycles. The molecule has 1 aliphatic carbocycles. The molecule has 0 bridgehead atoms. The van der Waals surface area contributed by atoms with Crippen LogP contribution in [0.3, 0.4) is 0 Å². The first-order chi connectivity index (χ1) is 13.3. The van der Waals surface area contributed by atoms with Crippen LogP contribution >= 0.6 is 11.3 Å². The van der Waals surface area contributed by atoms with Crippen molar-refractivity contribution < 1.29 is 0 Å². The van der Waals surface area contributed by atoms with Gasteiger partial charge in [-0.3, -0.25) is 4.40 Å². The van der Waals surface area contributed by atoms with Crippen LogP contribution in [0.1, 0.15) is 43.7 Å². The van der Waals surface area contributed by atoms with Gasteiger partial charge in [0.2, 0.25) is 0 Å². The van der Waals surface area contributed by atoms with Gasteiger partial charge >= 0.3 is 0 Å². The van der Waals surface area contributed by atoms with Crippen molar-refractivity contribution in [3.8, 4) is 21.7 Å². The number of aromatic nitrogens is 4. The van der Waals surface area contributed by atoms with E-state index in [2.05, 4.69) is 50.1 Å². The van der Waals surface area contributed by atoms with Gasteiger partial charge < -0.3 is 10.3 Å². The molecule has 3 heterocycles. The van der Waals surface area contributed by atoms with Crippen LogP contribution in [0.5, 0.6) is 0 Å². The molecular formula is C21H23N5S. The number of rotatable bonds is 4. The molecule has 5 rings (SSSR count). The highest BCUT2D eigenvalue weighted by atomic mass is 32.1. The van der Waals surface area contributed by atoms with E-state index >= 15 is 0 Å². The number of anilines is 1.